The van der Waals surface area contributed by atoms with Crippen LogP contribution >= 0.6 is 0 Å². The first-order valence-electron chi connectivity index (χ1n) is 5.14. The van der Waals surface area contributed by atoms with E-state index in [-0.39, 0.29) is 5.69 Å². The molecule has 1 rings (SSSR count). The van der Waals surface area contributed by atoms with Crippen LogP contribution in [0.3, 0.4) is 0 Å². The second kappa shape index (κ2) is 5.30. The summed E-state index contributed by atoms with van der Waals surface area (Å²) in [5.41, 5.74) is 5.75. The first-order valence-corrected chi connectivity index (χ1v) is 5.14. The van der Waals surface area contributed by atoms with E-state index in [1.54, 1.807) is 14.0 Å². The monoisotopic (exact) mass is 254 g/mol. The third kappa shape index (κ3) is 3.30. The Morgan fingerprint density at radius 3 is 2.56 bits per heavy atom. The lowest BCUT2D eigenvalue weighted by Crippen LogP contribution is -2.43. The van der Waals surface area contributed by atoms with Crippen LogP contribution in [0.2, 0.25) is 0 Å². The van der Waals surface area contributed by atoms with Crippen LogP contribution in [-0.4, -0.2) is 38.7 Å². The summed E-state index contributed by atoms with van der Waals surface area (Å²) in [6, 6.07) is 0.170. The van der Waals surface area contributed by atoms with Crippen molar-refractivity contribution in [3.8, 4) is 0 Å². The van der Waals surface area contributed by atoms with Gasteiger partial charge in [0.15, 0.2) is 0 Å². The van der Waals surface area contributed by atoms with Crippen molar-refractivity contribution in [2.24, 2.45) is 12.8 Å². The number of carboxylic acid groups (broad SMARTS) is 1. The summed E-state index contributed by atoms with van der Waals surface area (Å²) in [6.45, 7) is 1.70. The normalized spacial score (nSPS) is 11.9. The third-order valence-corrected chi connectivity index (χ3v) is 2.24. The number of carbonyl (C=O) groups excluding carboxylic acids is 2. The summed E-state index contributed by atoms with van der Waals surface area (Å²) in [7, 11) is 1.56. The molecular weight excluding hydrogens is 240 g/mol. The molecule has 0 aromatic carbocycles. The maximum absolute atomic E-state index is 11.8. The van der Waals surface area contributed by atoms with Crippen molar-refractivity contribution < 1.29 is 19.5 Å². The van der Waals surface area contributed by atoms with Gasteiger partial charge in [-0.1, -0.05) is 0 Å². The van der Waals surface area contributed by atoms with Gasteiger partial charge >= 0.3 is 5.97 Å². The van der Waals surface area contributed by atoms with Gasteiger partial charge in [0.2, 0.25) is 5.91 Å². The van der Waals surface area contributed by atoms with Crippen LogP contribution in [0.25, 0.3) is 0 Å². The van der Waals surface area contributed by atoms with Crippen molar-refractivity contribution in [2.75, 3.05) is 0 Å². The maximum Gasteiger partial charge on any atom is 0.326 e. The number of aromatic nitrogens is 2. The Labute approximate surface area is 103 Å². The smallest absolute Gasteiger partial charge is 0.326 e. The Kier molecular flexibility index (Phi) is 4.03. The largest absolute Gasteiger partial charge is 0.480 e. The summed E-state index contributed by atoms with van der Waals surface area (Å²) >= 11 is 0. The zero-order chi connectivity index (χ0) is 13.9. The fourth-order valence-electron chi connectivity index (χ4n) is 1.46. The Balaban J connectivity index is 2.81. The van der Waals surface area contributed by atoms with E-state index in [0.717, 1.165) is 0 Å². The number of aryl methyl sites for hydroxylation is 2. The van der Waals surface area contributed by atoms with Gasteiger partial charge in [-0.25, -0.2) is 4.79 Å². The molecule has 0 fully saturated rings. The number of amides is 2. The first-order chi connectivity index (χ1) is 8.31. The van der Waals surface area contributed by atoms with Crippen molar-refractivity contribution in [1.82, 2.24) is 15.1 Å². The lowest BCUT2D eigenvalue weighted by atomic mass is 10.2. The molecule has 1 aromatic rings. The molecule has 1 atom stereocenters. The number of primary amides is 1. The zero-order valence-corrected chi connectivity index (χ0v) is 10.0. The minimum Gasteiger partial charge on any atom is -0.480 e. The molecule has 1 aromatic heterocycles. The van der Waals surface area contributed by atoms with E-state index in [4.69, 9.17) is 10.8 Å². The molecular formula is C10H14N4O4. The van der Waals surface area contributed by atoms with E-state index in [1.807, 2.05) is 0 Å². The van der Waals surface area contributed by atoms with Crippen molar-refractivity contribution in [1.29, 1.82) is 0 Å². The molecule has 0 bridgehead atoms. The molecule has 0 radical (unpaired) electrons. The second-order valence-electron chi connectivity index (χ2n) is 3.83. The van der Waals surface area contributed by atoms with E-state index in [1.165, 1.54) is 10.7 Å². The summed E-state index contributed by atoms with van der Waals surface area (Å²) in [5.74, 6) is -2.74. The Hall–Kier alpha value is -2.38. The fraction of sp³-hybridized carbons (Fsp3) is 0.400. The van der Waals surface area contributed by atoms with Gasteiger partial charge in [-0.2, -0.15) is 5.10 Å². The van der Waals surface area contributed by atoms with Crippen LogP contribution in [0.4, 0.5) is 0 Å². The van der Waals surface area contributed by atoms with Crippen LogP contribution in [0.5, 0.6) is 0 Å². The van der Waals surface area contributed by atoms with E-state index in [0.29, 0.717) is 5.69 Å². The number of aliphatic carboxylic acids is 1. The molecule has 0 aliphatic rings. The highest BCUT2D eigenvalue weighted by Gasteiger charge is 2.24. The van der Waals surface area contributed by atoms with Gasteiger partial charge < -0.3 is 16.2 Å². The van der Waals surface area contributed by atoms with Crippen LogP contribution in [0.15, 0.2) is 6.07 Å². The lowest BCUT2D eigenvalue weighted by molar-refractivity contribution is -0.140. The van der Waals surface area contributed by atoms with Crippen molar-refractivity contribution in [3.05, 3.63) is 17.5 Å². The van der Waals surface area contributed by atoms with Gasteiger partial charge in [0.05, 0.1) is 12.1 Å². The predicted molar refractivity (Wildman–Crippen MR) is 60.6 cm³/mol. The number of nitrogens with zero attached hydrogens (tertiary/aromatic N) is 2. The number of rotatable bonds is 5. The van der Waals surface area contributed by atoms with Gasteiger partial charge in [-0.05, 0) is 13.0 Å². The molecule has 0 unspecified atom stereocenters. The first kappa shape index (κ1) is 13.7. The minimum absolute atomic E-state index is 0.211. The van der Waals surface area contributed by atoms with Crippen LogP contribution in [0, 0.1) is 6.92 Å². The summed E-state index contributed by atoms with van der Waals surface area (Å²) in [5, 5.41) is 15.0. The quantitative estimate of drug-likeness (QED) is 0.607. The fourth-order valence-corrected chi connectivity index (χ4v) is 1.46. The zero-order valence-electron chi connectivity index (χ0n) is 10.0. The van der Waals surface area contributed by atoms with Gasteiger partial charge in [-0.15, -0.1) is 0 Å². The summed E-state index contributed by atoms with van der Waals surface area (Å²) in [6.07, 6.45) is -0.460. The topological polar surface area (TPSA) is 127 Å². The highest BCUT2D eigenvalue weighted by atomic mass is 16.4. The maximum atomic E-state index is 11.8. The number of hydrogen-bond donors (Lipinski definition) is 3. The van der Waals surface area contributed by atoms with Crippen molar-refractivity contribution in [3.63, 3.8) is 0 Å². The van der Waals surface area contributed by atoms with Gasteiger partial charge in [-0.3, -0.25) is 14.3 Å². The molecule has 0 saturated heterocycles. The molecule has 0 saturated carbocycles. The van der Waals surface area contributed by atoms with E-state index in [2.05, 4.69) is 10.4 Å². The molecule has 0 spiro atoms. The Bertz CT molecular complexity index is 494. The van der Waals surface area contributed by atoms with Crippen LogP contribution in [0.1, 0.15) is 22.6 Å². The molecule has 18 heavy (non-hydrogen) atoms. The molecule has 8 nitrogen and oxygen atoms in total. The summed E-state index contributed by atoms with van der Waals surface area (Å²) in [4.78, 5) is 33.3. The number of nitrogens with two attached hydrogens (primary N) is 1. The Morgan fingerprint density at radius 2 is 2.17 bits per heavy atom. The SMILES string of the molecule is Cc1cc(C(=O)N[C@H](CC(N)=O)C(=O)O)n(C)n1. The highest BCUT2D eigenvalue weighted by molar-refractivity contribution is 5.96. The standard InChI is InChI=1S/C10H14N4O4/c1-5-3-7(14(2)13-5)9(16)12-6(10(17)18)4-8(11)15/h3,6H,4H2,1-2H3,(H2,11,15)(H,12,16)(H,17,18)/t6-/m1/s1. The molecule has 98 valence electrons. The van der Waals surface area contributed by atoms with Gasteiger partial charge in [0, 0.05) is 7.05 Å². The number of carbonyl (C=O) groups is 3. The second-order valence-corrected chi connectivity index (χ2v) is 3.83. The van der Waals surface area contributed by atoms with E-state index in [9.17, 15) is 14.4 Å². The predicted octanol–water partition coefficient (Wildman–Crippen LogP) is -1.21. The molecule has 1 heterocycles. The van der Waals surface area contributed by atoms with E-state index < -0.39 is 30.2 Å². The van der Waals surface area contributed by atoms with Crippen molar-refractivity contribution >= 4 is 17.8 Å². The minimum atomic E-state index is -1.34. The lowest BCUT2D eigenvalue weighted by Gasteiger charge is -2.12. The number of nitrogens with one attached hydrogen (secondary N) is 1. The third-order valence-electron chi connectivity index (χ3n) is 2.24. The van der Waals surface area contributed by atoms with E-state index >= 15 is 0 Å². The molecule has 8 heteroatoms. The molecule has 2 amide bonds. The van der Waals surface area contributed by atoms with Gasteiger partial charge in [0.25, 0.3) is 5.91 Å². The molecule has 0 aliphatic carbocycles. The molecule has 0 aliphatic heterocycles. The van der Waals surface area contributed by atoms with Crippen LogP contribution in [-0.2, 0) is 16.6 Å². The van der Waals surface area contributed by atoms with Crippen molar-refractivity contribution in [2.45, 2.75) is 19.4 Å². The number of hydrogen-bond acceptors (Lipinski definition) is 4. The number of carboxylic acids is 1. The van der Waals surface area contributed by atoms with Gasteiger partial charge in [0.1, 0.15) is 11.7 Å². The summed E-state index contributed by atoms with van der Waals surface area (Å²) < 4.78 is 1.33. The average molecular weight is 254 g/mol. The van der Waals surface area contributed by atoms with Crippen LogP contribution < -0.4 is 11.1 Å². The average Bonchev–Trinajstić information content (AvgIpc) is 2.56. The molecule has 4 N–H and O–H groups in total. The Morgan fingerprint density at radius 1 is 1.56 bits per heavy atom. The highest BCUT2D eigenvalue weighted by Crippen LogP contribution is 2.03.